The second-order valence-corrected chi connectivity index (χ2v) is 4.72. The molecule has 18 heavy (non-hydrogen) atoms. The molecule has 0 fully saturated rings. The number of hydrogen-bond donors (Lipinski definition) is 2. The summed E-state index contributed by atoms with van der Waals surface area (Å²) in [5.74, 6) is 0.657. The van der Waals surface area contributed by atoms with Crippen LogP contribution in [-0.2, 0) is 0 Å². The van der Waals surface area contributed by atoms with E-state index in [1.165, 1.54) is 0 Å². The molecule has 3 N–H and O–H groups in total. The van der Waals surface area contributed by atoms with Crippen LogP contribution in [0.25, 0.3) is 0 Å². The number of benzene rings is 1. The Kier molecular flexibility index (Phi) is 3.79. The van der Waals surface area contributed by atoms with Gasteiger partial charge in [0.05, 0.1) is 5.56 Å². The summed E-state index contributed by atoms with van der Waals surface area (Å²) in [6.45, 7) is 1.91. The molecule has 0 aliphatic carbocycles. The first kappa shape index (κ1) is 12.8. The lowest BCUT2D eigenvalue weighted by molar-refractivity contribution is 1.19. The van der Waals surface area contributed by atoms with Gasteiger partial charge in [-0.3, -0.25) is 0 Å². The minimum atomic E-state index is 0.318. The van der Waals surface area contributed by atoms with Crippen molar-refractivity contribution in [1.29, 1.82) is 0 Å². The van der Waals surface area contributed by atoms with Crippen molar-refractivity contribution in [2.45, 2.75) is 6.92 Å². The monoisotopic (exact) mass is 277 g/mol. The number of aromatic nitrogens is 1. The summed E-state index contributed by atoms with van der Waals surface area (Å²) in [6, 6.07) is 11.1. The van der Waals surface area contributed by atoms with Gasteiger partial charge in [-0.05, 0) is 43.3 Å². The lowest BCUT2D eigenvalue weighted by Gasteiger charge is -2.11. The van der Waals surface area contributed by atoms with Gasteiger partial charge >= 0.3 is 0 Å². The van der Waals surface area contributed by atoms with E-state index in [4.69, 9.17) is 29.6 Å². The van der Waals surface area contributed by atoms with E-state index in [1.807, 2.05) is 31.2 Å². The van der Waals surface area contributed by atoms with Gasteiger partial charge in [0.15, 0.2) is 0 Å². The van der Waals surface area contributed by atoms with Crippen molar-refractivity contribution in [1.82, 2.24) is 4.98 Å². The maximum Gasteiger partial charge on any atom is 0.140 e. The van der Waals surface area contributed by atoms with Gasteiger partial charge in [0.1, 0.15) is 10.8 Å². The third-order valence-electron chi connectivity index (χ3n) is 2.41. The number of rotatable bonds is 3. The Bertz CT molecular complexity index is 581. The van der Waals surface area contributed by atoms with Crippen molar-refractivity contribution in [3.05, 3.63) is 52.7 Å². The maximum absolute atomic E-state index is 5.84. The van der Waals surface area contributed by atoms with Gasteiger partial charge in [-0.1, -0.05) is 23.8 Å². The Labute approximate surface area is 116 Å². The molecule has 2 aromatic rings. The van der Waals surface area contributed by atoms with E-state index in [0.29, 0.717) is 15.8 Å². The number of thiocarbonyl (C=S) groups is 1. The highest BCUT2D eigenvalue weighted by molar-refractivity contribution is 7.80. The number of pyridine rings is 1. The van der Waals surface area contributed by atoms with Gasteiger partial charge < -0.3 is 11.1 Å². The van der Waals surface area contributed by atoms with E-state index in [1.54, 1.807) is 12.1 Å². The molecule has 0 saturated heterocycles. The summed E-state index contributed by atoms with van der Waals surface area (Å²) >= 11 is 10.8. The topological polar surface area (TPSA) is 50.9 Å². The fourth-order valence-electron chi connectivity index (χ4n) is 1.52. The first-order chi connectivity index (χ1) is 8.56. The Morgan fingerprint density at radius 3 is 2.50 bits per heavy atom. The fourth-order valence-corrected chi connectivity index (χ4v) is 1.81. The largest absolute Gasteiger partial charge is 0.389 e. The van der Waals surface area contributed by atoms with Crippen molar-refractivity contribution in [2.24, 2.45) is 5.73 Å². The predicted molar refractivity (Wildman–Crippen MR) is 79.6 cm³/mol. The van der Waals surface area contributed by atoms with Gasteiger partial charge in [-0.15, -0.1) is 0 Å². The third-order valence-corrected chi connectivity index (χ3v) is 2.88. The van der Waals surface area contributed by atoms with Gasteiger partial charge in [0.25, 0.3) is 0 Å². The number of hydrogen-bond acceptors (Lipinski definition) is 3. The third kappa shape index (κ3) is 2.97. The van der Waals surface area contributed by atoms with Crippen LogP contribution in [-0.4, -0.2) is 9.97 Å². The minimum absolute atomic E-state index is 0.318. The van der Waals surface area contributed by atoms with Crippen molar-refractivity contribution in [2.75, 3.05) is 5.32 Å². The summed E-state index contributed by atoms with van der Waals surface area (Å²) in [4.78, 5) is 4.72. The van der Waals surface area contributed by atoms with Crippen LogP contribution in [0, 0.1) is 6.92 Å². The lowest BCUT2D eigenvalue weighted by atomic mass is 10.2. The minimum Gasteiger partial charge on any atom is -0.389 e. The number of nitrogens with one attached hydrogen (secondary N) is 1. The van der Waals surface area contributed by atoms with E-state index < -0.39 is 0 Å². The fraction of sp³-hybridized carbons (Fsp3) is 0.0769. The molecule has 1 aromatic carbocycles. The van der Waals surface area contributed by atoms with Crippen LogP contribution < -0.4 is 11.1 Å². The molecule has 1 aromatic heterocycles. The number of halogens is 1. The molecule has 0 unspecified atom stereocenters. The van der Waals surface area contributed by atoms with Crippen LogP contribution >= 0.6 is 23.8 Å². The second-order valence-electron chi connectivity index (χ2n) is 3.84. The molecule has 1 heterocycles. The number of anilines is 2. The van der Waals surface area contributed by atoms with Gasteiger partial charge in [0.2, 0.25) is 0 Å². The first-order valence-electron chi connectivity index (χ1n) is 5.36. The summed E-state index contributed by atoms with van der Waals surface area (Å²) in [7, 11) is 0. The van der Waals surface area contributed by atoms with E-state index in [9.17, 15) is 0 Å². The molecule has 0 amide bonds. The number of nitrogens with zero attached hydrogens (tertiary/aromatic N) is 1. The van der Waals surface area contributed by atoms with Crippen molar-refractivity contribution < 1.29 is 0 Å². The second kappa shape index (κ2) is 5.33. The SMILES string of the molecule is Cc1ccc(C(N)=S)c(Nc2ccc(Cl)cc2)n1. The lowest BCUT2D eigenvalue weighted by Crippen LogP contribution is -2.13. The highest BCUT2D eigenvalue weighted by Crippen LogP contribution is 2.21. The number of nitrogens with two attached hydrogens (primary N) is 1. The molecule has 0 bridgehead atoms. The zero-order valence-corrected chi connectivity index (χ0v) is 11.3. The van der Waals surface area contributed by atoms with E-state index in [-0.39, 0.29) is 0 Å². The molecule has 0 aliphatic rings. The summed E-state index contributed by atoms with van der Waals surface area (Å²) in [6.07, 6.45) is 0. The van der Waals surface area contributed by atoms with Crippen molar-refractivity contribution in [3.8, 4) is 0 Å². The molecule has 0 aliphatic heterocycles. The molecule has 0 atom stereocenters. The van der Waals surface area contributed by atoms with Crippen LogP contribution in [0.2, 0.25) is 5.02 Å². The Morgan fingerprint density at radius 1 is 1.22 bits per heavy atom. The summed E-state index contributed by atoms with van der Waals surface area (Å²) in [5.41, 5.74) is 8.18. The van der Waals surface area contributed by atoms with Crippen molar-refractivity contribution >= 4 is 40.3 Å². The molecule has 0 spiro atoms. The molecule has 0 saturated carbocycles. The molecule has 0 radical (unpaired) electrons. The standard InChI is InChI=1S/C13H12ClN3S/c1-8-2-7-11(12(15)18)13(16-8)17-10-5-3-9(14)4-6-10/h2-7H,1H3,(H2,15,18)(H,16,17). The molecular formula is C13H12ClN3S. The average molecular weight is 278 g/mol. The van der Waals surface area contributed by atoms with Gasteiger partial charge in [0, 0.05) is 16.4 Å². The highest BCUT2D eigenvalue weighted by atomic mass is 35.5. The average Bonchev–Trinajstić information content (AvgIpc) is 2.32. The molecular weight excluding hydrogens is 266 g/mol. The molecule has 5 heteroatoms. The normalized spacial score (nSPS) is 10.1. The zero-order valence-electron chi connectivity index (χ0n) is 9.77. The highest BCUT2D eigenvalue weighted by Gasteiger charge is 2.07. The molecule has 2 rings (SSSR count). The predicted octanol–water partition coefficient (Wildman–Crippen LogP) is 3.42. The first-order valence-corrected chi connectivity index (χ1v) is 6.15. The smallest absolute Gasteiger partial charge is 0.140 e. The Balaban J connectivity index is 2.35. The van der Waals surface area contributed by atoms with Crippen LogP contribution in [0.4, 0.5) is 11.5 Å². The Morgan fingerprint density at radius 2 is 1.89 bits per heavy atom. The van der Waals surface area contributed by atoms with Crippen LogP contribution in [0.3, 0.4) is 0 Å². The van der Waals surface area contributed by atoms with Gasteiger partial charge in [-0.2, -0.15) is 0 Å². The molecule has 3 nitrogen and oxygen atoms in total. The summed E-state index contributed by atoms with van der Waals surface area (Å²) in [5, 5.41) is 3.87. The molecule has 92 valence electrons. The van der Waals surface area contributed by atoms with E-state index in [2.05, 4.69) is 10.3 Å². The van der Waals surface area contributed by atoms with Gasteiger partial charge in [-0.25, -0.2) is 4.98 Å². The van der Waals surface area contributed by atoms with E-state index >= 15 is 0 Å². The zero-order chi connectivity index (χ0) is 13.1. The quantitative estimate of drug-likeness (QED) is 0.844. The number of aryl methyl sites for hydroxylation is 1. The summed E-state index contributed by atoms with van der Waals surface area (Å²) < 4.78 is 0. The van der Waals surface area contributed by atoms with Crippen molar-refractivity contribution in [3.63, 3.8) is 0 Å². The van der Waals surface area contributed by atoms with E-state index in [0.717, 1.165) is 16.9 Å². The van der Waals surface area contributed by atoms with Crippen LogP contribution in [0.15, 0.2) is 36.4 Å². The van der Waals surface area contributed by atoms with Crippen LogP contribution in [0.5, 0.6) is 0 Å². The Hall–Kier alpha value is -1.65. The maximum atomic E-state index is 5.84. The van der Waals surface area contributed by atoms with Crippen LogP contribution in [0.1, 0.15) is 11.3 Å².